The predicted octanol–water partition coefficient (Wildman–Crippen LogP) is 13.4. The Morgan fingerprint density at radius 3 is 1.10 bits per heavy atom. The van der Waals surface area contributed by atoms with Crippen molar-refractivity contribution in [3.63, 3.8) is 0 Å². The zero-order valence-electron chi connectivity index (χ0n) is 37.7. The Hall–Kier alpha value is -4.83. The molecule has 0 bridgehead atoms. The lowest BCUT2D eigenvalue weighted by molar-refractivity contribution is -0.384. The van der Waals surface area contributed by atoms with E-state index < -0.39 is 33.9 Å². The first-order valence-corrected chi connectivity index (χ1v) is 26.4. The molecule has 0 aromatic heterocycles. The van der Waals surface area contributed by atoms with Crippen molar-refractivity contribution < 1.29 is 42.3 Å². The normalized spacial score (nSPS) is 10.7. The van der Waals surface area contributed by atoms with E-state index in [-0.39, 0.29) is 11.4 Å². The number of carbonyl (C=O) groups excluding carboxylic acids is 2. The molecule has 0 radical (unpaired) electrons. The highest BCUT2D eigenvalue weighted by molar-refractivity contribution is 6.70. The fraction of sp³-hybridized carbons (Fsp3) is 0.422. The Balaban J connectivity index is 0.000000564. The standard InChI is InChI=1S/C25H38O5Si2.C16H15NO5.2C2H6/c1-17-11-21(15-27-31(5,6)7)12-18(2)23(17)29-25(26)30-24-19(3)13-22(14-20(24)4)16-28-32(8,9)10;1-10-8-11(2)15(12(3)9-10)22-16(18)21-14-6-4-13(5-7-14)17(19)20;2*1-2/h11-14H,15-16H2,1-10H3;4-9H,1-3H3;2*1-2H3. The molecule has 58 heavy (non-hydrogen) atoms. The summed E-state index contributed by atoms with van der Waals surface area (Å²) in [5.74, 6) is 1.69. The Kier molecular flexibility index (Phi) is 20.8. The van der Waals surface area contributed by atoms with E-state index in [0.717, 1.165) is 50.1 Å². The highest BCUT2D eigenvalue weighted by atomic mass is 28.4. The van der Waals surface area contributed by atoms with Gasteiger partial charge in [0.05, 0.1) is 18.1 Å². The van der Waals surface area contributed by atoms with Gasteiger partial charge in [-0.05, 0) is 144 Å². The van der Waals surface area contributed by atoms with E-state index in [4.69, 9.17) is 27.8 Å². The van der Waals surface area contributed by atoms with Gasteiger partial charge >= 0.3 is 12.3 Å². The maximum absolute atomic E-state index is 12.6. The van der Waals surface area contributed by atoms with Crippen LogP contribution in [0.4, 0.5) is 15.3 Å². The summed E-state index contributed by atoms with van der Waals surface area (Å²) < 4.78 is 33.4. The van der Waals surface area contributed by atoms with Crippen LogP contribution in [0.25, 0.3) is 0 Å². The molecule has 318 valence electrons. The number of carbonyl (C=O) groups is 2. The van der Waals surface area contributed by atoms with Gasteiger partial charge in [0.25, 0.3) is 5.69 Å². The van der Waals surface area contributed by atoms with Gasteiger partial charge in [-0.2, -0.15) is 0 Å². The molecule has 0 fully saturated rings. The Labute approximate surface area is 348 Å². The summed E-state index contributed by atoms with van der Waals surface area (Å²) >= 11 is 0. The van der Waals surface area contributed by atoms with Gasteiger partial charge in [-0.3, -0.25) is 10.1 Å². The van der Waals surface area contributed by atoms with Crippen molar-refractivity contribution in [1.29, 1.82) is 0 Å². The van der Waals surface area contributed by atoms with Crippen molar-refractivity contribution in [2.45, 2.75) is 129 Å². The lowest BCUT2D eigenvalue weighted by atomic mass is 10.1. The van der Waals surface area contributed by atoms with Gasteiger partial charge in [-0.15, -0.1) is 0 Å². The average molecular weight is 836 g/mol. The molecule has 0 unspecified atom stereocenters. The van der Waals surface area contributed by atoms with Crippen molar-refractivity contribution in [3.05, 3.63) is 121 Å². The minimum absolute atomic E-state index is 0.0778. The van der Waals surface area contributed by atoms with E-state index in [2.05, 4.69) is 39.3 Å². The lowest BCUT2D eigenvalue weighted by Crippen LogP contribution is -2.25. The van der Waals surface area contributed by atoms with Crippen LogP contribution in [0.5, 0.6) is 23.0 Å². The molecule has 4 aromatic rings. The Bertz CT molecular complexity index is 1830. The third-order valence-electron chi connectivity index (χ3n) is 7.79. The van der Waals surface area contributed by atoms with Crippen molar-refractivity contribution in [2.24, 2.45) is 0 Å². The number of hydrogen-bond donors (Lipinski definition) is 0. The zero-order chi connectivity index (χ0) is 44.5. The summed E-state index contributed by atoms with van der Waals surface area (Å²) in [5.41, 5.74) is 8.32. The molecule has 0 saturated heterocycles. The first-order valence-electron chi connectivity index (χ1n) is 19.6. The largest absolute Gasteiger partial charge is 0.519 e. The minimum atomic E-state index is -1.60. The summed E-state index contributed by atoms with van der Waals surface area (Å²) in [6, 6.07) is 17.0. The van der Waals surface area contributed by atoms with Crippen LogP contribution in [0, 0.1) is 58.6 Å². The number of non-ortho nitro benzene ring substituents is 1. The topological polar surface area (TPSA) is 133 Å². The third-order valence-corrected chi connectivity index (χ3v) is 9.81. The van der Waals surface area contributed by atoms with E-state index >= 15 is 0 Å². The van der Waals surface area contributed by atoms with Crippen molar-refractivity contribution >= 4 is 34.6 Å². The molecule has 13 heteroatoms. The van der Waals surface area contributed by atoms with Gasteiger partial charge in [0.15, 0.2) is 16.6 Å². The van der Waals surface area contributed by atoms with E-state index in [0.29, 0.717) is 30.5 Å². The second-order valence-electron chi connectivity index (χ2n) is 15.3. The molecular formula is C45H65NO10Si2. The SMILES string of the molecule is CC.CC.Cc1cc(C)c(OC(=O)Oc2ccc([N+](=O)[O-])cc2)c(C)c1.Cc1cc(CO[Si](C)(C)C)cc(C)c1OC(=O)Oc1c(C)cc(CO[Si](C)(C)C)cc1C. The smallest absolute Gasteiger partial charge is 0.413 e. The van der Waals surface area contributed by atoms with Crippen LogP contribution in [0.15, 0.2) is 60.7 Å². The average Bonchev–Trinajstić information content (AvgIpc) is 3.13. The van der Waals surface area contributed by atoms with Crippen LogP contribution >= 0.6 is 0 Å². The highest BCUT2D eigenvalue weighted by Gasteiger charge is 2.20. The number of aryl methyl sites for hydroxylation is 7. The minimum Gasteiger partial charge on any atom is -0.413 e. The summed E-state index contributed by atoms with van der Waals surface area (Å²) in [5, 5.41) is 10.6. The van der Waals surface area contributed by atoms with E-state index in [1.54, 1.807) is 0 Å². The van der Waals surface area contributed by atoms with E-state index in [1.165, 1.54) is 24.3 Å². The molecule has 0 aliphatic heterocycles. The molecule has 0 N–H and O–H groups in total. The monoisotopic (exact) mass is 835 g/mol. The van der Waals surface area contributed by atoms with E-state index in [9.17, 15) is 19.7 Å². The van der Waals surface area contributed by atoms with Crippen LogP contribution in [0.2, 0.25) is 39.3 Å². The molecule has 0 amide bonds. The molecule has 11 nitrogen and oxygen atoms in total. The zero-order valence-corrected chi connectivity index (χ0v) is 39.7. The maximum atomic E-state index is 12.6. The second-order valence-corrected chi connectivity index (χ2v) is 24.3. The van der Waals surface area contributed by atoms with Gasteiger partial charge in [0, 0.05) is 12.1 Å². The predicted molar refractivity (Wildman–Crippen MR) is 238 cm³/mol. The highest BCUT2D eigenvalue weighted by Crippen LogP contribution is 2.30. The molecule has 0 spiro atoms. The number of rotatable bonds is 11. The lowest BCUT2D eigenvalue weighted by Gasteiger charge is -2.19. The molecule has 0 atom stereocenters. The van der Waals surface area contributed by atoms with Gasteiger partial charge < -0.3 is 27.8 Å². The molecule has 0 aliphatic rings. The van der Waals surface area contributed by atoms with Crippen LogP contribution in [-0.4, -0.2) is 33.9 Å². The molecule has 0 aliphatic carbocycles. The van der Waals surface area contributed by atoms with Gasteiger partial charge in [0.2, 0.25) is 0 Å². The first kappa shape index (κ1) is 51.2. The van der Waals surface area contributed by atoms with Gasteiger partial charge in [0.1, 0.15) is 23.0 Å². The summed E-state index contributed by atoms with van der Waals surface area (Å²) in [6.45, 7) is 35.5. The second kappa shape index (κ2) is 23.5. The van der Waals surface area contributed by atoms with Crippen molar-refractivity contribution in [2.75, 3.05) is 0 Å². The van der Waals surface area contributed by atoms with Gasteiger partial charge in [-0.1, -0.05) is 69.7 Å². The fourth-order valence-corrected chi connectivity index (χ4v) is 6.72. The molecule has 4 rings (SSSR count). The van der Waals surface area contributed by atoms with Crippen molar-refractivity contribution in [1.82, 2.24) is 0 Å². The van der Waals surface area contributed by atoms with Crippen LogP contribution in [-0.2, 0) is 22.1 Å². The summed E-state index contributed by atoms with van der Waals surface area (Å²) in [7, 11) is -3.20. The molecule has 4 aromatic carbocycles. The Morgan fingerprint density at radius 1 is 0.517 bits per heavy atom. The van der Waals surface area contributed by atoms with Crippen LogP contribution in [0.1, 0.15) is 77.8 Å². The first-order chi connectivity index (χ1) is 27.0. The molecule has 0 saturated carbocycles. The number of ether oxygens (including phenoxy) is 4. The number of nitro groups is 1. The number of nitrogens with zero attached hydrogens (tertiary/aromatic N) is 1. The quantitative estimate of drug-likeness (QED) is 0.0472. The molecule has 0 heterocycles. The maximum Gasteiger partial charge on any atom is 0.519 e. The number of hydrogen-bond acceptors (Lipinski definition) is 10. The summed E-state index contributed by atoms with van der Waals surface area (Å²) in [4.78, 5) is 34.4. The Morgan fingerprint density at radius 2 is 0.810 bits per heavy atom. The van der Waals surface area contributed by atoms with Gasteiger partial charge in [-0.25, -0.2) is 9.59 Å². The van der Waals surface area contributed by atoms with E-state index in [1.807, 2.05) is 113 Å². The van der Waals surface area contributed by atoms with Crippen LogP contribution < -0.4 is 18.9 Å². The third kappa shape index (κ3) is 17.8. The van der Waals surface area contributed by atoms with Crippen LogP contribution in [0.3, 0.4) is 0 Å². The molecular weight excluding hydrogens is 771 g/mol. The summed E-state index contributed by atoms with van der Waals surface area (Å²) in [6.07, 6.45) is -1.62. The number of nitro benzene ring substituents is 1. The van der Waals surface area contributed by atoms with Crippen molar-refractivity contribution in [3.8, 4) is 23.0 Å². The fourth-order valence-electron chi connectivity index (χ4n) is 5.52. The number of benzene rings is 4.